The molecule has 0 aliphatic heterocycles. The number of rotatable bonds is 14. The molecule has 0 aromatic rings. The molecule has 0 spiro atoms. The van der Waals surface area contributed by atoms with Crippen LogP contribution in [0.1, 0.15) is 58.3 Å². The van der Waals surface area contributed by atoms with Crippen LogP contribution >= 0.6 is 0 Å². The lowest BCUT2D eigenvalue weighted by molar-refractivity contribution is -0.137. The highest BCUT2D eigenvalue weighted by Crippen LogP contribution is 2.04. The van der Waals surface area contributed by atoms with Crippen LogP contribution in [0.15, 0.2) is 48.6 Å². The Bertz CT molecular complexity index is 421. The summed E-state index contributed by atoms with van der Waals surface area (Å²) in [5.41, 5.74) is 0. The largest absolute Gasteiger partial charge is 0.481 e. The summed E-state index contributed by atoms with van der Waals surface area (Å²) >= 11 is 0. The average molecular weight is 336 g/mol. The Labute approximate surface area is 145 Å². The van der Waals surface area contributed by atoms with Crippen molar-refractivity contribution < 1.29 is 20.1 Å². The monoisotopic (exact) mass is 336 g/mol. The van der Waals surface area contributed by atoms with Crippen LogP contribution in [0.5, 0.6) is 0 Å². The first kappa shape index (κ1) is 22.4. The smallest absolute Gasteiger partial charge is 0.303 e. The van der Waals surface area contributed by atoms with Crippen LogP contribution in [0, 0.1) is 0 Å². The first-order valence-electron chi connectivity index (χ1n) is 8.80. The minimum atomic E-state index is -0.833. The third-order valence-electron chi connectivity index (χ3n) is 3.43. The number of carboxylic acid groups (broad SMARTS) is 1. The third-order valence-corrected chi connectivity index (χ3v) is 3.43. The summed E-state index contributed by atoms with van der Waals surface area (Å²) in [4.78, 5) is 10.3. The van der Waals surface area contributed by atoms with Crippen LogP contribution in [0.3, 0.4) is 0 Å². The number of unbranched alkanes of at least 4 members (excludes halogenated alkanes) is 2. The van der Waals surface area contributed by atoms with Crippen molar-refractivity contribution in [2.24, 2.45) is 0 Å². The molecule has 0 radical (unpaired) electrons. The van der Waals surface area contributed by atoms with E-state index in [1.807, 2.05) is 36.5 Å². The molecule has 0 fully saturated rings. The van der Waals surface area contributed by atoms with Gasteiger partial charge in [-0.05, 0) is 25.7 Å². The average Bonchev–Trinajstić information content (AvgIpc) is 2.53. The van der Waals surface area contributed by atoms with E-state index in [9.17, 15) is 15.0 Å². The second-order valence-electron chi connectivity index (χ2n) is 5.78. The van der Waals surface area contributed by atoms with E-state index in [1.54, 1.807) is 12.2 Å². The number of aliphatic hydroxyl groups excluding tert-OH is 2. The molecule has 24 heavy (non-hydrogen) atoms. The summed E-state index contributed by atoms with van der Waals surface area (Å²) in [6, 6.07) is 0. The lowest BCUT2D eigenvalue weighted by Gasteiger charge is -2.02. The number of allylic oxidation sites excluding steroid dienone is 6. The maximum Gasteiger partial charge on any atom is 0.303 e. The van der Waals surface area contributed by atoms with E-state index in [0.717, 1.165) is 32.1 Å². The normalized spacial score (nSPS) is 15.1. The van der Waals surface area contributed by atoms with Gasteiger partial charge in [-0.2, -0.15) is 0 Å². The Morgan fingerprint density at radius 3 is 1.92 bits per heavy atom. The quantitative estimate of drug-likeness (QED) is 0.329. The molecular formula is C20H32O4. The van der Waals surface area contributed by atoms with Gasteiger partial charge in [-0.1, -0.05) is 74.8 Å². The Kier molecular flexibility index (Phi) is 15.1. The molecule has 0 aromatic carbocycles. The van der Waals surface area contributed by atoms with Crippen molar-refractivity contribution in [1.29, 1.82) is 0 Å². The highest BCUT2D eigenvalue weighted by molar-refractivity contribution is 5.66. The van der Waals surface area contributed by atoms with Crippen molar-refractivity contribution in [3.05, 3.63) is 48.6 Å². The molecule has 136 valence electrons. The van der Waals surface area contributed by atoms with E-state index in [2.05, 4.69) is 6.92 Å². The number of hydrogen-bond acceptors (Lipinski definition) is 3. The summed E-state index contributed by atoms with van der Waals surface area (Å²) in [6.45, 7) is 2.15. The summed E-state index contributed by atoms with van der Waals surface area (Å²) in [5, 5.41) is 27.8. The maximum atomic E-state index is 10.3. The molecule has 0 bridgehead atoms. The van der Waals surface area contributed by atoms with Gasteiger partial charge in [-0.3, -0.25) is 4.79 Å². The Balaban J connectivity index is 3.75. The van der Waals surface area contributed by atoms with Gasteiger partial charge in [-0.25, -0.2) is 0 Å². The van der Waals surface area contributed by atoms with E-state index in [4.69, 9.17) is 5.11 Å². The molecular weight excluding hydrogens is 304 g/mol. The second-order valence-corrected chi connectivity index (χ2v) is 5.78. The van der Waals surface area contributed by atoms with Crippen molar-refractivity contribution in [2.75, 3.05) is 0 Å². The zero-order valence-electron chi connectivity index (χ0n) is 14.7. The van der Waals surface area contributed by atoms with Crippen molar-refractivity contribution in [2.45, 2.75) is 70.5 Å². The summed E-state index contributed by atoms with van der Waals surface area (Å²) in [5.74, 6) is -0.833. The van der Waals surface area contributed by atoms with E-state index in [1.165, 1.54) is 0 Å². The van der Waals surface area contributed by atoms with Crippen LogP contribution in [-0.2, 0) is 4.79 Å². The van der Waals surface area contributed by atoms with E-state index >= 15 is 0 Å². The summed E-state index contributed by atoms with van der Waals surface area (Å²) in [7, 11) is 0. The van der Waals surface area contributed by atoms with Gasteiger partial charge < -0.3 is 15.3 Å². The maximum absolute atomic E-state index is 10.3. The predicted octanol–water partition coefficient (Wildman–Crippen LogP) is 4.16. The van der Waals surface area contributed by atoms with Crippen molar-refractivity contribution in [3.63, 3.8) is 0 Å². The van der Waals surface area contributed by atoms with Crippen LogP contribution in [0.25, 0.3) is 0 Å². The lowest BCUT2D eigenvalue weighted by Crippen LogP contribution is -2.03. The summed E-state index contributed by atoms with van der Waals surface area (Å²) < 4.78 is 0. The Morgan fingerprint density at radius 1 is 0.875 bits per heavy atom. The van der Waals surface area contributed by atoms with Gasteiger partial charge in [0, 0.05) is 6.42 Å². The SMILES string of the molecule is CCCCCC(O)/C=C/C=C/C/C=C/C=C/C(O)CCCC(=O)O. The molecule has 0 aromatic heterocycles. The van der Waals surface area contributed by atoms with Gasteiger partial charge >= 0.3 is 5.97 Å². The van der Waals surface area contributed by atoms with Crippen molar-refractivity contribution >= 4 is 5.97 Å². The molecule has 0 rings (SSSR count). The van der Waals surface area contributed by atoms with Crippen LogP contribution in [0.2, 0.25) is 0 Å². The van der Waals surface area contributed by atoms with Gasteiger partial charge in [0.25, 0.3) is 0 Å². The fraction of sp³-hybridized carbons (Fsp3) is 0.550. The molecule has 0 amide bonds. The Hall–Kier alpha value is -1.65. The minimum absolute atomic E-state index is 0.0896. The van der Waals surface area contributed by atoms with Crippen LogP contribution in [-0.4, -0.2) is 33.5 Å². The Morgan fingerprint density at radius 2 is 1.42 bits per heavy atom. The van der Waals surface area contributed by atoms with Crippen LogP contribution in [0.4, 0.5) is 0 Å². The molecule has 0 aliphatic rings. The number of carbonyl (C=O) groups is 1. The molecule has 0 aliphatic carbocycles. The second kappa shape index (κ2) is 16.2. The lowest BCUT2D eigenvalue weighted by atomic mass is 10.1. The third kappa shape index (κ3) is 16.7. The molecule has 2 unspecified atom stereocenters. The van der Waals surface area contributed by atoms with Crippen molar-refractivity contribution in [1.82, 2.24) is 0 Å². The number of aliphatic carboxylic acids is 1. The van der Waals surface area contributed by atoms with Gasteiger partial charge in [0.2, 0.25) is 0 Å². The van der Waals surface area contributed by atoms with E-state index in [0.29, 0.717) is 12.8 Å². The molecule has 4 heteroatoms. The van der Waals surface area contributed by atoms with E-state index in [-0.39, 0.29) is 12.5 Å². The standard InChI is InChI=1S/C20H32O4/c1-2-3-9-13-18(21)14-10-7-5-4-6-8-11-15-19(22)16-12-17-20(23)24/h5-8,10-11,14-15,18-19,21-22H,2-4,9,12-13,16-17H2,1H3,(H,23,24)/b7-5+,8-6+,14-10+,15-11+. The molecule has 4 nitrogen and oxygen atoms in total. The highest BCUT2D eigenvalue weighted by Gasteiger charge is 2.01. The van der Waals surface area contributed by atoms with Crippen molar-refractivity contribution in [3.8, 4) is 0 Å². The molecule has 0 saturated carbocycles. The molecule has 0 heterocycles. The predicted molar refractivity (Wildman–Crippen MR) is 98.8 cm³/mol. The topological polar surface area (TPSA) is 77.8 Å². The van der Waals surface area contributed by atoms with E-state index < -0.39 is 12.1 Å². The number of carboxylic acids is 1. The number of aliphatic hydroxyl groups is 2. The van der Waals surface area contributed by atoms with Gasteiger partial charge in [-0.15, -0.1) is 0 Å². The fourth-order valence-corrected chi connectivity index (χ4v) is 2.04. The summed E-state index contributed by atoms with van der Waals surface area (Å²) in [6.07, 6.45) is 19.9. The van der Waals surface area contributed by atoms with Gasteiger partial charge in [0.05, 0.1) is 12.2 Å². The molecule has 0 saturated heterocycles. The van der Waals surface area contributed by atoms with Crippen LogP contribution < -0.4 is 0 Å². The fourth-order valence-electron chi connectivity index (χ4n) is 2.04. The molecule has 2 atom stereocenters. The first-order valence-corrected chi connectivity index (χ1v) is 8.80. The molecule has 3 N–H and O–H groups in total. The highest BCUT2D eigenvalue weighted by atomic mass is 16.4. The van der Waals surface area contributed by atoms with Gasteiger partial charge in [0.1, 0.15) is 0 Å². The first-order chi connectivity index (χ1) is 11.6. The number of hydrogen-bond donors (Lipinski definition) is 3. The minimum Gasteiger partial charge on any atom is -0.481 e. The van der Waals surface area contributed by atoms with Gasteiger partial charge in [0.15, 0.2) is 0 Å². The zero-order valence-corrected chi connectivity index (χ0v) is 14.7. The zero-order chi connectivity index (χ0) is 18.0.